The lowest BCUT2D eigenvalue weighted by Gasteiger charge is -2.15. The predicted octanol–water partition coefficient (Wildman–Crippen LogP) is 0.342. The molecule has 1 aromatic rings. The fourth-order valence-electron chi connectivity index (χ4n) is 1.59. The number of nitrogens with two attached hydrogens (primary N) is 1. The van der Waals surface area contributed by atoms with Crippen LogP contribution < -0.4 is 11.3 Å². The van der Waals surface area contributed by atoms with Crippen molar-refractivity contribution in [2.24, 2.45) is 0 Å². The second kappa shape index (κ2) is 4.34. The van der Waals surface area contributed by atoms with E-state index < -0.39 is 12.0 Å². The van der Waals surface area contributed by atoms with E-state index in [4.69, 9.17) is 10.8 Å². The summed E-state index contributed by atoms with van der Waals surface area (Å²) in [6.45, 7) is 4.90. The molecule has 0 aliphatic carbocycles. The van der Waals surface area contributed by atoms with Gasteiger partial charge in [0.25, 0.3) is 5.56 Å². The zero-order valence-electron chi connectivity index (χ0n) is 9.52. The number of carboxylic acids is 1. The molecule has 6 nitrogen and oxygen atoms in total. The molecule has 0 amide bonds. The van der Waals surface area contributed by atoms with Crippen LogP contribution in [-0.2, 0) is 11.2 Å². The molecule has 0 spiro atoms. The molecule has 88 valence electrons. The molecular formula is C10H15N3O3. The van der Waals surface area contributed by atoms with E-state index in [1.807, 2.05) is 6.92 Å². The summed E-state index contributed by atoms with van der Waals surface area (Å²) >= 11 is 0. The maximum Gasteiger partial charge on any atom is 0.326 e. The van der Waals surface area contributed by atoms with Gasteiger partial charge in [-0.05, 0) is 20.3 Å². The number of aliphatic carboxylic acids is 1. The summed E-state index contributed by atoms with van der Waals surface area (Å²) in [5, 5.41) is 8.87. The van der Waals surface area contributed by atoms with Crippen LogP contribution in [0.15, 0.2) is 4.79 Å². The van der Waals surface area contributed by atoms with Crippen LogP contribution in [0, 0.1) is 6.92 Å². The lowest BCUT2D eigenvalue weighted by Crippen LogP contribution is -2.33. The van der Waals surface area contributed by atoms with E-state index in [1.165, 1.54) is 6.92 Å². The third kappa shape index (κ3) is 1.91. The van der Waals surface area contributed by atoms with Gasteiger partial charge in [-0.25, -0.2) is 9.78 Å². The Balaban J connectivity index is 3.51. The van der Waals surface area contributed by atoms with Crippen LogP contribution >= 0.6 is 0 Å². The first kappa shape index (κ1) is 12.2. The van der Waals surface area contributed by atoms with Gasteiger partial charge < -0.3 is 10.8 Å². The van der Waals surface area contributed by atoms with Gasteiger partial charge in [0.1, 0.15) is 6.04 Å². The van der Waals surface area contributed by atoms with E-state index in [-0.39, 0.29) is 11.5 Å². The summed E-state index contributed by atoms with van der Waals surface area (Å²) in [5.74, 6) is -1.17. The molecule has 3 N–H and O–H groups in total. The van der Waals surface area contributed by atoms with E-state index in [0.29, 0.717) is 17.7 Å². The van der Waals surface area contributed by atoms with E-state index in [9.17, 15) is 9.59 Å². The highest BCUT2D eigenvalue weighted by Crippen LogP contribution is 2.10. The molecule has 0 aliphatic heterocycles. The third-order valence-corrected chi connectivity index (χ3v) is 2.54. The molecule has 0 saturated heterocycles. The molecule has 1 heterocycles. The van der Waals surface area contributed by atoms with Crippen LogP contribution in [-0.4, -0.2) is 20.6 Å². The molecule has 1 aromatic heterocycles. The Kier molecular flexibility index (Phi) is 3.31. The van der Waals surface area contributed by atoms with Crippen molar-refractivity contribution in [1.29, 1.82) is 0 Å². The molecule has 6 heteroatoms. The molecule has 0 aromatic carbocycles. The van der Waals surface area contributed by atoms with Crippen molar-refractivity contribution in [3.05, 3.63) is 21.6 Å². The van der Waals surface area contributed by atoms with Crippen LogP contribution in [0.4, 0.5) is 5.95 Å². The van der Waals surface area contributed by atoms with Crippen molar-refractivity contribution in [3.8, 4) is 0 Å². The third-order valence-electron chi connectivity index (χ3n) is 2.54. The van der Waals surface area contributed by atoms with Crippen LogP contribution in [0.3, 0.4) is 0 Å². The van der Waals surface area contributed by atoms with E-state index >= 15 is 0 Å². The van der Waals surface area contributed by atoms with Gasteiger partial charge in [0.05, 0.1) is 0 Å². The lowest BCUT2D eigenvalue weighted by atomic mass is 10.2. The molecule has 1 rings (SSSR count). The Morgan fingerprint density at radius 1 is 1.62 bits per heavy atom. The number of rotatable bonds is 3. The summed E-state index contributed by atoms with van der Waals surface area (Å²) in [5.41, 5.74) is 6.26. The molecular weight excluding hydrogens is 210 g/mol. The Morgan fingerprint density at radius 2 is 2.19 bits per heavy atom. The van der Waals surface area contributed by atoms with Gasteiger partial charge in [0.15, 0.2) is 0 Å². The summed E-state index contributed by atoms with van der Waals surface area (Å²) in [4.78, 5) is 26.8. The van der Waals surface area contributed by atoms with Crippen molar-refractivity contribution in [2.75, 3.05) is 5.73 Å². The Hall–Kier alpha value is -1.85. The number of anilines is 1. The normalized spacial score (nSPS) is 12.4. The number of aromatic nitrogens is 2. The van der Waals surface area contributed by atoms with Crippen molar-refractivity contribution < 1.29 is 9.90 Å². The lowest BCUT2D eigenvalue weighted by molar-refractivity contribution is -0.140. The standard InChI is InChI=1S/C10H15N3O3/c1-4-7-5(2)12-10(11)13(8(7)14)6(3)9(15)16/h6H,4H2,1-3H3,(H2,11,12)(H,15,16). The smallest absolute Gasteiger partial charge is 0.326 e. The quantitative estimate of drug-likeness (QED) is 0.773. The van der Waals surface area contributed by atoms with E-state index in [0.717, 1.165) is 4.57 Å². The summed E-state index contributed by atoms with van der Waals surface area (Å²) in [6.07, 6.45) is 0.504. The second-order valence-corrected chi connectivity index (χ2v) is 3.58. The Morgan fingerprint density at radius 3 is 2.62 bits per heavy atom. The van der Waals surface area contributed by atoms with Gasteiger partial charge in [0.2, 0.25) is 5.95 Å². The first-order valence-electron chi connectivity index (χ1n) is 5.00. The average molecular weight is 225 g/mol. The summed E-state index contributed by atoms with van der Waals surface area (Å²) in [6, 6.07) is -1.01. The highest BCUT2D eigenvalue weighted by Gasteiger charge is 2.20. The van der Waals surface area contributed by atoms with Crippen molar-refractivity contribution in [3.63, 3.8) is 0 Å². The van der Waals surface area contributed by atoms with Gasteiger partial charge in [0, 0.05) is 11.3 Å². The number of nitrogens with zero attached hydrogens (tertiary/aromatic N) is 2. The highest BCUT2D eigenvalue weighted by molar-refractivity contribution is 5.71. The summed E-state index contributed by atoms with van der Waals surface area (Å²) < 4.78 is 1.01. The first-order valence-corrected chi connectivity index (χ1v) is 5.00. The number of hydrogen-bond acceptors (Lipinski definition) is 4. The second-order valence-electron chi connectivity index (χ2n) is 3.58. The Labute approximate surface area is 92.7 Å². The largest absolute Gasteiger partial charge is 0.480 e. The summed E-state index contributed by atoms with van der Waals surface area (Å²) in [7, 11) is 0. The van der Waals surface area contributed by atoms with E-state index in [2.05, 4.69) is 4.98 Å². The molecule has 16 heavy (non-hydrogen) atoms. The SMILES string of the molecule is CCc1c(C)nc(N)n(C(C)C(=O)O)c1=O. The predicted molar refractivity (Wildman–Crippen MR) is 59.4 cm³/mol. The van der Waals surface area contributed by atoms with Gasteiger partial charge in [-0.2, -0.15) is 0 Å². The highest BCUT2D eigenvalue weighted by atomic mass is 16.4. The molecule has 1 unspecified atom stereocenters. The van der Waals surface area contributed by atoms with Gasteiger partial charge >= 0.3 is 5.97 Å². The molecule has 0 radical (unpaired) electrons. The number of hydrogen-bond donors (Lipinski definition) is 2. The van der Waals surface area contributed by atoms with Crippen LogP contribution in [0.1, 0.15) is 31.1 Å². The molecule has 0 aliphatic rings. The minimum absolute atomic E-state index is 0.0606. The van der Waals surface area contributed by atoms with Gasteiger partial charge in [-0.3, -0.25) is 9.36 Å². The number of nitrogen functional groups attached to an aromatic ring is 1. The van der Waals surface area contributed by atoms with Crippen molar-refractivity contribution >= 4 is 11.9 Å². The molecule has 0 bridgehead atoms. The van der Waals surface area contributed by atoms with Crippen molar-refractivity contribution in [1.82, 2.24) is 9.55 Å². The maximum atomic E-state index is 12.0. The fourth-order valence-corrected chi connectivity index (χ4v) is 1.59. The van der Waals surface area contributed by atoms with Crippen molar-refractivity contribution in [2.45, 2.75) is 33.2 Å². The van der Waals surface area contributed by atoms with Crippen LogP contribution in [0.5, 0.6) is 0 Å². The minimum Gasteiger partial charge on any atom is -0.480 e. The number of carboxylic acid groups (broad SMARTS) is 1. The molecule has 1 atom stereocenters. The van der Waals surface area contributed by atoms with Crippen LogP contribution in [0.25, 0.3) is 0 Å². The molecule has 0 saturated carbocycles. The van der Waals surface area contributed by atoms with Gasteiger partial charge in [-0.15, -0.1) is 0 Å². The zero-order chi connectivity index (χ0) is 12.5. The number of carbonyl (C=O) groups is 1. The Bertz CT molecular complexity index is 479. The maximum absolute atomic E-state index is 12.0. The number of aryl methyl sites for hydroxylation is 1. The zero-order valence-corrected chi connectivity index (χ0v) is 9.52. The average Bonchev–Trinajstić information content (AvgIpc) is 2.17. The topological polar surface area (TPSA) is 98.2 Å². The molecule has 0 fully saturated rings. The minimum atomic E-state index is -1.11. The van der Waals surface area contributed by atoms with E-state index in [1.54, 1.807) is 6.92 Å². The monoisotopic (exact) mass is 225 g/mol. The van der Waals surface area contributed by atoms with Crippen LogP contribution in [0.2, 0.25) is 0 Å². The van der Waals surface area contributed by atoms with Gasteiger partial charge in [-0.1, -0.05) is 6.92 Å². The fraction of sp³-hybridized carbons (Fsp3) is 0.500. The first-order chi connectivity index (χ1) is 7.40.